The molecule has 0 fully saturated rings. The predicted molar refractivity (Wildman–Crippen MR) is 110 cm³/mol. The number of aromatic nitrogens is 1. The Morgan fingerprint density at radius 3 is 2.66 bits per heavy atom. The summed E-state index contributed by atoms with van der Waals surface area (Å²) in [6, 6.07) is 14.4. The van der Waals surface area contributed by atoms with Crippen molar-refractivity contribution < 1.29 is 18.7 Å². The van der Waals surface area contributed by atoms with Crippen molar-refractivity contribution >= 4 is 27.7 Å². The highest BCUT2D eigenvalue weighted by Crippen LogP contribution is 2.18. The number of furan rings is 1. The molecule has 29 heavy (non-hydrogen) atoms. The minimum atomic E-state index is -0.375. The first-order valence-corrected chi connectivity index (χ1v) is 9.80. The van der Waals surface area contributed by atoms with Crippen LogP contribution in [-0.4, -0.2) is 23.3 Å². The van der Waals surface area contributed by atoms with Gasteiger partial charge < -0.3 is 19.8 Å². The SMILES string of the molecule is O=C(CCNC(=O)c1ccc(COc2ccc(Br)cc2)o1)NCc1cccnc1. The average molecular weight is 458 g/mol. The van der Waals surface area contributed by atoms with E-state index >= 15 is 0 Å². The number of carbonyl (C=O) groups is 2. The van der Waals surface area contributed by atoms with Crippen molar-refractivity contribution in [2.24, 2.45) is 0 Å². The van der Waals surface area contributed by atoms with Crippen molar-refractivity contribution in [1.82, 2.24) is 15.6 Å². The molecule has 0 saturated heterocycles. The van der Waals surface area contributed by atoms with Crippen molar-refractivity contribution in [3.8, 4) is 5.75 Å². The molecule has 0 aliphatic rings. The zero-order chi connectivity index (χ0) is 20.5. The van der Waals surface area contributed by atoms with E-state index < -0.39 is 0 Å². The van der Waals surface area contributed by atoms with Crippen molar-refractivity contribution in [3.63, 3.8) is 0 Å². The van der Waals surface area contributed by atoms with Crippen LogP contribution in [-0.2, 0) is 17.9 Å². The number of rotatable bonds is 9. The van der Waals surface area contributed by atoms with Crippen LogP contribution in [0.1, 0.15) is 28.3 Å². The van der Waals surface area contributed by atoms with Crippen LogP contribution in [0.3, 0.4) is 0 Å². The van der Waals surface area contributed by atoms with Crippen LogP contribution < -0.4 is 15.4 Å². The molecule has 0 unspecified atom stereocenters. The van der Waals surface area contributed by atoms with Crippen LogP contribution in [0.25, 0.3) is 0 Å². The first kappa shape index (κ1) is 20.6. The molecule has 8 heteroatoms. The molecule has 1 aromatic carbocycles. The molecular weight excluding hydrogens is 438 g/mol. The van der Waals surface area contributed by atoms with E-state index in [2.05, 4.69) is 31.5 Å². The van der Waals surface area contributed by atoms with Crippen LogP contribution >= 0.6 is 15.9 Å². The van der Waals surface area contributed by atoms with Crippen LogP contribution in [0, 0.1) is 0 Å². The summed E-state index contributed by atoms with van der Waals surface area (Å²) in [6.07, 6.45) is 3.54. The molecule has 2 heterocycles. The van der Waals surface area contributed by atoms with Crippen molar-refractivity contribution in [2.45, 2.75) is 19.6 Å². The number of carbonyl (C=O) groups excluding carboxylic acids is 2. The lowest BCUT2D eigenvalue weighted by atomic mass is 10.3. The fourth-order valence-electron chi connectivity index (χ4n) is 2.43. The molecule has 0 aliphatic heterocycles. The van der Waals surface area contributed by atoms with Gasteiger partial charge in [-0.2, -0.15) is 0 Å². The largest absolute Gasteiger partial charge is 0.486 e. The molecule has 150 valence electrons. The summed E-state index contributed by atoms with van der Waals surface area (Å²) in [4.78, 5) is 28.0. The van der Waals surface area contributed by atoms with Gasteiger partial charge in [0, 0.05) is 36.4 Å². The van der Waals surface area contributed by atoms with E-state index in [1.165, 1.54) is 0 Å². The van der Waals surface area contributed by atoms with E-state index in [-0.39, 0.29) is 37.1 Å². The zero-order valence-corrected chi connectivity index (χ0v) is 17.1. The maximum absolute atomic E-state index is 12.1. The summed E-state index contributed by atoms with van der Waals surface area (Å²) in [5.74, 6) is 0.882. The Balaban J connectivity index is 1.37. The molecule has 0 spiro atoms. The fraction of sp³-hybridized carbons (Fsp3) is 0.190. The van der Waals surface area contributed by atoms with Gasteiger partial charge >= 0.3 is 0 Å². The minimum Gasteiger partial charge on any atom is -0.486 e. The maximum atomic E-state index is 12.1. The lowest BCUT2D eigenvalue weighted by Crippen LogP contribution is -2.30. The quantitative estimate of drug-likeness (QED) is 0.513. The number of hydrogen-bond acceptors (Lipinski definition) is 5. The third-order valence-corrected chi connectivity index (χ3v) is 4.46. The normalized spacial score (nSPS) is 10.4. The van der Waals surface area contributed by atoms with Crippen LogP contribution in [0.4, 0.5) is 0 Å². The van der Waals surface area contributed by atoms with E-state index in [0.29, 0.717) is 18.1 Å². The number of amides is 2. The second kappa shape index (κ2) is 10.4. The Bertz CT molecular complexity index is 942. The van der Waals surface area contributed by atoms with E-state index in [0.717, 1.165) is 10.0 Å². The molecule has 0 atom stereocenters. The molecular formula is C21H20BrN3O4. The number of nitrogens with one attached hydrogen (secondary N) is 2. The van der Waals surface area contributed by atoms with Gasteiger partial charge in [-0.05, 0) is 48.0 Å². The summed E-state index contributed by atoms with van der Waals surface area (Å²) in [5, 5.41) is 5.45. The van der Waals surface area contributed by atoms with Crippen LogP contribution in [0.5, 0.6) is 5.75 Å². The van der Waals surface area contributed by atoms with Gasteiger partial charge in [0.15, 0.2) is 5.76 Å². The Hall–Kier alpha value is -3.13. The number of ether oxygens (including phenoxy) is 1. The first-order valence-electron chi connectivity index (χ1n) is 9.01. The van der Waals surface area contributed by atoms with Gasteiger partial charge in [-0.15, -0.1) is 0 Å². The highest BCUT2D eigenvalue weighted by Gasteiger charge is 2.12. The second-order valence-electron chi connectivity index (χ2n) is 6.15. The van der Waals surface area contributed by atoms with Crippen molar-refractivity contribution in [2.75, 3.05) is 6.54 Å². The Morgan fingerprint density at radius 1 is 1.07 bits per heavy atom. The summed E-state index contributed by atoms with van der Waals surface area (Å²) < 4.78 is 12.1. The van der Waals surface area contributed by atoms with E-state index in [4.69, 9.17) is 9.15 Å². The number of nitrogens with zero attached hydrogens (tertiary/aromatic N) is 1. The van der Waals surface area contributed by atoms with E-state index in [1.54, 1.807) is 24.5 Å². The van der Waals surface area contributed by atoms with Crippen molar-refractivity contribution in [1.29, 1.82) is 0 Å². The van der Waals surface area contributed by atoms with Gasteiger partial charge in [0.1, 0.15) is 18.1 Å². The average Bonchev–Trinajstić information content (AvgIpc) is 3.22. The van der Waals surface area contributed by atoms with Crippen LogP contribution in [0.2, 0.25) is 0 Å². The Labute approximate surface area is 176 Å². The molecule has 3 rings (SSSR count). The molecule has 2 aromatic heterocycles. The highest BCUT2D eigenvalue weighted by molar-refractivity contribution is 9.10. The molecule has 2 N–H and O–H groups in total. The van der Waals surface area contributed by atoms with Gasteiger partial charge in [-0.3, -0.25) is 14.6 Å². The van der Waals surface area contributed by atoms with Gasteiger partial charge in [-0.1, -0.05) is 22.0 Å². The van der Waals surface area contributed by atoms with Gasteiger partial charge in [0.2, 0.25) is 5.91 Å². The summed E-state index contributed by atoms with van der Waals surface area (Å²) in [7, 11) is 0. The number of halogens is 1. The molecule has 7 nitrogen and oxygen atoms in total. The van der Waals surface area contributed by atoms with Crippen LogP contribution in [0.15, 0.2) is 69.8 Å². The smallest absolute Gasteiger partial charge is 0.287 e. The van der Waals surface area contributed by atoms with Gasteiger partial charge in [-0.25, -0.2) is 0 Å². The fourth-order valence-corrected chi connectivity index (χ4v) is 2.70. The summed E-state index contributed by atoms with van der Waals surface area (Å²) >= 11 is 3.36. The highest BCUT2D eigenvalue weighted by atomic mass is 79.9. The lowest BCUT2D eigenvalue weighted by Gasteiger charge is -2.06. The Kier molecular flexibility index (Phi) is 7.40. The van der Waals surface area contributed by atoms with Gasteiger partial charge in [0.05, 0.1) is 0 Å². The molecule has 3 aromatic rings. The zero-order valence-electron chi connectivity index (χ0n) is 15.6. The lowest BCUT2D eigenvalue weighted by molar-refractivity contribution is -0.121. The standard InChI is InChI=1S/C21H20BrN3O4/c22-16-3-5-17(6-4-16)28-14-18-7-8-19(29-18)21(27)24-11-9-20(26)25-13-15-2-1-10-23-12-15/h1-8,10,12H,9,11,13-14H2,(H,24,27)(H,25,26). The van der Waals surface area contributed by atoms with Gasteiger partial charge in [0.25, 0.3) is 5.91 Å². The molecule has 0 bridgehead atoms. The van der Waals surface area contributed by atoms with E-state index in [1.807, 2.05) is 36.4 Å². The second-order valence-corrected chi connectivity index (χ2v) is 7.07. The van der Waals surface area contributed by atoms with E-state index in [9.17, 15) is 9.59 Å². The topological polar surface area (TPSA) is 93.5 Å². The summed E-state index contributed by atoms with van der Waals surface area (Å²) in [5.41, 5.74) is 0.915. The minimum absolute atomic E-state index is 0.155. The molecule has 0 saturated carbocycles. The number of benzene rings is 1. The molecule has 2 amide bonds. The number of hydrogen-bond donors (Lipinski definition) is 2. The molecule has 0 aliphatic carbocycles. The summed E-state index contributed by atoms with van der Waals surface area (Å²) in [6.45, 7) is 0.829. The molecule has 0 radical (unpaired) electrons. The maximum Gasteiger partial charge on any atom is 0.287 e. The number of pyridine rings is 1. The monoisotopic (exact) mass is 457 g/mol. The van der Waals surface area contributed by atoms with Crippen molar-refractivity contribution in [3.05, 3.63) is 82.5 Å². The Morgan fingerprint density at radius 2 is 1.90 bits per heavy atom. The first-order chi connectivity index (χ1) is 14.1. The predicted octanol–water partition coefficient (Wildman–Crippen LogP) is 3.45. The third kappa shape index (κ3) is 6.76. The third-order valence-electron chi connectivity index (χ3n) is 3.93.